The third-order valence-electron chi connectivity index (χ3n) is 5.49. The van der Waals surface area contributed by atoms with Crippen molar-refractivity contribution in [1.82, 2.24) is 20.5 Å². The molecule has 1 unspecified atom stereocenters. The molecule has 1 aromatic rings. The van der Waals surface area contributed by atoms with Crippen LogP contribution in [-0.4, -0.2) is 78.6 Å². The van der Waals surface area contributed by atoms with Crippen molar-refractivity contribution in [2.75, 3.05) is 45.9 Å². The molecule has 0 bridgehead atoms. The average Bonchev–Trinajstić information content (AvgIpc) is 3.25. The van der Waals surface area contributed by atoms with Gasteiger partial charge in [0.2, 0.25) is 5.88 Å². The topological polar surface area (TPSA) is 91.2 Å². The van der Waals surface area contributed by atoms with Crippen LogP contribution in [0.15, 0.2) is 23.3 Å². The molecular weight excluding hydrogens is 382 g/mol. The molecule has 1 aliphatic carbocycles. The zero-order valence-corrected chi connectivity index (χ0v) is 18.4. The van der Waals surface area contributed by atoms with Crippen LogP contribution in [0.25, 0.3) is 0 Å². The molecule has 8 heteroatoms. The summed E-state index contributed by atoms with van der Waals surface area (Å²) in [6.45, 7) is 9.28. The maximum atomic E-state index is 10.8. The number of guanidine groups is 1. The molecule has 1 atom stereocenters. The van der Waals surface area contributed by atoms with Crippen molar-refractivity contribution >= 4 is 5.96 Å². The van der Waals surface area contributed by atoms with Crippen LogP contribution < -0.4 is 15.4 Å². The Morgan fingerprint density at radius 2 is 2.10 bits per heavy atom. The van der Waals surface area contributed by atoms with E-state index in [2.05, 4.69) is 20.5 Å². The molecule has 0 radical (unpaired) electrons. The second kappa shape index (κ2) is 11.5. The Bertz CT molecular complexity index is 670. The number of hydrogen-bond donors (Lipinski definition) is 3. The molecule has 1 saturated carbocycles. The van der Waals surface area contributed by atoms with Gasteiger partial charge in [-0.05, 0) is 45.6 Å². The second-order valence-corrected chi connectivity index (χ2v) is 8.43. The van der Waals surface area contributed by atoms with Crippen molar-refractivity contribution in [3.05, 3.63) is 23.9 Å². The quantitative estimate of drug-likeness (QED) is 0.413. The third-order valence-corrected chi connectivity index (χ3v) is 5.49. The van der Waals surface area contributed by atoms with E-state index in [0.29, 0.717) is 31.5 Å². The van der Waals surface area contributed by atoms with Crippen molar-refractivity contribution in [2.45, 2.75) is 57.8 Å². The zero-order valence-electron chi connectivity index (χ0n) is 18.4. The minimum Gasteiger partial charge on any atom is -0.474 e. The summed E-state index contributed by atoms with van der Waals surface area (Å²) in [5.74, 6) is 1.36. The first kappa shape index (κ1) is 22.8. The van der Waals surface area contributed by atoms with Crippen molar-refractivity contribution in [2.24, 2.45) is 4.99 Å². The van der Waals surface area contributed by atoms with Gasteiger partial charge in [-0.15, -0.1) is 0 Å². The number of morpholine rings is 1. The van der Waals surface area contributed by atoms with E-state index in [0.717, 1.165) is 51.3 Å². The van der Waals surface area contributed by atoms with Crippen LogP contribution >= 0.6 is 0 Å². The predicted octanol–water partition coefficient (Wildman–Crippen LogP) is 1.54. The highest BCUT2D eigenvalue weighted by Crippen LogP contribution is 2.25. The fourth-order valence-electron chi connectivity index (χ4n) is 3.89. The maximum Gasteiger partial charge on any atom is 0.218 e. The summed E-state index contributed by atoms with van der Waals surface area (Å²) in [4.78, 5) is 11.4. The number of ether oxygens (including phenoxy) is 2. The molecule has 168 valence electrons. The summed E-state index contributed by atoms with van der Waals surface area (Å²) in [7, 11) is 0. The average molecular weight is 420 g/mol. The zero-order chi connectivity index (χ0) is 21.2. The lowest BCUT2D eigenvalue weighted by atomic mass is 10.1. The molecule has 3 rings (SSSR count). The van der Waals surface area contributed by atoms with Gasteiger partial charge in [0.25, 0.3) is 0 Å². The molecule has 2 fully saturated rings. The minimum absolute atomic E-state index is 0.268. The van der Waals surface area contributed by atoms with E-state index in [9.17, 15) is 5.11 Å². The summed E-state index contributed by atoms with van der Waals surface area (Å²) in [5.41, 5.74) is 0.111. The van der Waals surface area contributed by atoms with Crippen LogP contribution in [0.4, 0.5) is 0 Å². The largest absolute Gasteiger partial charge is 0.474 e. The van der Waals surface area contributed by atoms with Crippen molar-refractivity contribution in [1.29, 1.82) is 0 Å². The number of nitrogens with zero attached hydrogens (tertiary/aromatic N) is 3. The molecule has 0 amide bonds. The lowest BCUT2D eigenvalue weighted by molar-refractivity contribution is -0.0201. The molecule has 0 aromatic carbocycles. The highest BCUT2D eigenvalue weighted by molar-refractivity contribution is 5.79. The summed E-state index contributed by atoms with van der Waals surface area (Å²) >= 11 is 0. The number of aromatic nitrogens is 1. The number of aliphatic hydroxyl groups is 1. The number of hydrogen-bond acceptors (Lipinski definition) is 6. The normalized spacial score (nSPS) is 20.7. The molecule has 3 N–H and O–H groups in total. The van der Waals surface area contributed by atoms with E-state index >= 15 is 0 Å². The second-order valence-electron chi connectivity index (χ2n) is 8.43. The van der Waals surface area contributed by atoms with Gasteiger partial charge in [-0.2, -0.15) is 0 Å². The van der Waals surface area contributed by atoms with Crippen LogP contribution in [0.2, 0.25) is 0 Å². The van der Waals surface area contributed by atoms with Crippen molar-refractivity contribution in [3.63, 3.8) is 0 Å². The Morgan fingerprint density at radius 3 is 2.83 bits per heavy atom. The van der Waals surface area contributed by atoms with Gasteiger partial charge in [0.15, 0.2) is 5.96 Å². The molecular formula is C22H37N5O3. The van der Waals surface area contributed by atoms with Gasteiger partial charge in [-0.25, -0.2) is 9.98 Å². The number of aliphatic imine (C=N–C) groups is 1. The van der Waals surface area contributed by atoms with E-state index < -0.39 is 5.60 Å². The van der Waals surface area contributed by atoms with Crippen molar-refractivity contribution in [3.8, 4) is 5.88 Å². The highest BCUT2D eigenvalue weighted by Gasteiger charge is 2.25. The van der Waals surface area contributed by atoms with E-state index in [4.69, 9.17) is 14.5 Å². The van der Waals surface area contributed by atoms with Gasteiger partial charge in [-0.1, -0.05) is 6.07 Å². The Hall–Kier alpha value is -1.90. The summed E-state index contributed by atoms with van der Waals surface area (Å²) in [6.07, 6.45) is 6.69. The Kier molecular flexibility index (Phi) is 8.72. The molecule has 1 aromatic heterocycles. The predicted molar refractivity (Wildman–Crippen MR) is 118 cm³/mol. The smallest absolute Gasteiger partial charge is 0.218 e. The molecule has 2 aliphatic rings. The van der Waals surface area contributed by atoms with Crippen molar-refractivity contribution < 1.29 is 14.6 Å². The van der Waals surface area contributed by atoms with E-state index in [1.807, 2.05) is 26.0 Å². The monoisotopic (exact) mass is 419 g/mol. The van der Waals surface area contributed by atoms with Gasteiger partial charge < -0.3 is 25.2 Å². The molecule has 0 spiro atoms. The molecule has 1 aliphatic heterocycles. The molecule has 30 heavy (non-hydrogen) atoms. The Labute approximate surface area is 180 Å². The third kappa shape index (κ3) is 7.41. The highest BCUT2D eigenvalue weighted by atomic mass is 16.5. The lowest BCUT2D eigenvalue weighted by Crippen LogP contribution is -2.52. The standard InChI is InChI=1S/C22H37N5O3/c1-3-23-21(26-16-22(2,28)17-27-11-13-29-14-12-27)25-15-18-7-6-10-24-20(18)30-19-8-4-5-9-19/h6-7,10,19,28H,3-5,8-9,11-17H2,1-2H3,(H2,23,25,26). The fourth-order valence-corrected chi connectivity index (χ4v) is 3.89. The van der Waals surface area contributed by atoms with Crippen LogP contribution in [0.1, 0.15) is 45.1 Å². The first-order chi connectivity index (χ1) is 14.6. The first-order valence-electron chi connectivity index (χ1n) is 11.2. The summed E-state index contributed by atoms with van der Waals surface area (Å²) in [6, 6.07) is 3.93. The number of β-amino-alcohol motifs (C(OH)–C–C–N with tert-alkyl or cyclic N) is 1. The fraction of sp³-hybridized carbons (Fsp3) is 0.727. The van der Waals surface area contributed by atoms with E-state index in [1.54, 1.807) is 6.20 Å². The number of pyridine rings is 1. The molecule has 1 saturated heterocycles. The van der Waals surface area contributed by atoms with Gasteiger partial charge in [0, 0.05) is 44.5 Å². The minimum atomic E-state index is -0.863. The van der Waals surface area contributed by atoms with E-state index in [1.165, 1.54) is 12.8 Å². The number of rotatable bonds is 9. The Morgan fingerprint density at radius 1 is 1.33 bits per heavy atom. The summed E-state index contributed by atoms with van der Waals surface area (Å²) in [5, 5.41) is 17.4. The maximum absolute atomic E-state index is 10.8. The van der Waals surface area contributed by atoms with Gasteiger partial charge in [0.1, 0.15) is 6.10 Å². The van der Waals surface area contributed by atoms with Gasteiger partial charge >= 0.3 is 0 Å². The molecule has 8 nitrogen and oxygen atoms in total. The number of nitrogens with one attached hydrogen (secondary N) is 2. The SMILES string of the molecule is CCNC(=NCc1cccnc1OC1CCCC1)NCC(C)(O)CN1CCOCC1. The first-order valence-corrected chi connectivity index (χ1v) is 11.2. The van der Waals surface area contributed by atoms with Gasteiger partial charge in [0.05, 0.1) is 25.4 Å². The van der Waals surface area contributed by atoms with Crippen LogP contribution in [0.5, 0.6) is 5.88 Å². The van der Waals surface area contributed by atoms with Crippen LogP contribution in [-0.2, 0) is 11.3 Å². The lowest BCUT2D eigenvalue weighted by Gasteiger charge is -2.34. The van der Waals surface area contributed by atoms with Gasteiger partial charge in [-0.3, -0.25) is 4.90 Å². The van der Waals surface area contributed by atoms with E-state index in [-0.39, 0.29) is 6.10 Å². The summed E-state index contributed by atoms with van der Waals surface area (Å²) < 4.78 is 11.5. The van der Waals surface area contributed by atoms with Crippen LogP contribution in [0, 0.1) is 0 Å². The Balaban J connectivity index is 1.56. The molecule has 2 heterocycles. The van der Waals surface area contributed by atoms with Crippen LogP contribution in [0.3, 0.4) is 0 Å².